The molecule has 0 radical (unpaired) electrons. The van der Waals surface area contributed by atoms with Crippen molar-refractivity contribution in [2.45, 2.75) is 32.7 Å². The highest BCUT2D eigenvalue weighted by atomic mass is 15.1. The van der Waals surface area contributed by atoms with Crippen LogP contribution >= 0.6 is 0 Å². The maximum absolute atomic E-state index is 3.79. The normalized spacial score (nSPS) is 12.5. The summed E-state index contributed by atoms with van der Waals surface area (Å²) in [6.07, 6.45) is 5.82. The van der Waals surface area contributed by atoms with Crippen LogP contribution in [0.15, 0.2) is 18.5 Å². The lowest BCUT2D eigenvalue weighted by atomic mass is 10.2. The van der Waals surface area contributed by atoms with Gasteiger partial charge in [0.2, 0.25) is 0 Å². The van der Waals surface area contributed by atoms with Gasteiger partial charge in [0.1, 0.15) is 0 Å². The summed E-state index contributed by atoms with van der Waals surface area (Å²) in [6.45, 7) is 4.35. The van der Waals surface area contributed by atoms with E-state index in [0.29, 0.717) is 6.04 Å². The molecule has 0 aromatic carbocycles. The number of rotatable bonds is 4. The fourth-order valence-electron chi connectivity index (χ4n) is 1.17. The minimum Gasteiger partial charge on any atom is -0.381 e. The van der Waals surface area contributed by atoms with E-state index >= 15 is 0 Å². The number of aromatic nitrogens is 2. The molecule has 0 bridgehead atoms. The molecule has 1 aromatic heterocycles. The van der Waals surface area contributed by atoms with Gasteiger partial charge in [-0.2, -0.15) is 10.2 Å². The lowest BCUT2D eigenvalue weighted by molar-refractivity contribution is 0.689. The Kier molecular flexibility index (Phi) is 3.51. The number of hydrogen-bond donors (Lipinski definition) is 1. The maximum atomic E-state index is 3.79. The van der Waals surface area contributed by atoms with Crippen LogP contribution < -0.4 is 5.32 Å². The van der Waals surface area contributed by atoms with Crippen LogP contribution in [0.2, 0.25) is 0 Å². The molecule has 1 unspecified atom stereocenters. The van der Waals surface area contributed by atoms with Crippen LogP contribution in [0.1, 0.15) is 26.7 Å². The zero-order chi connectivity index (χ0) is 8.81. The van der Waals surface area contributed by atoms with Crippen molar-refractivity contribution in [3.05, 3.63) is 18.5 Å². The second-order valence-corrected chi connectivity index (χ2v) is 2.97. The Morgan fingerprint density at radius 3 is 2.92 bits per heavy atom. The van der Waals surface area contributed by atoms with E-state index in [1.54, 1.807) is 12.4 Å². The molecule has 66 valence electrons. The minimum atomic E-state index is 0.513. The van der Waals surface area contributed by atoms with Crippen LogP contribution in [-0.4, -0.2) is 16.2 Å². The molecule has 0 aliphatic rings. The quantitative estimate of drug-likeness (QED) is 0.742. The summed E-state index contributed by atoms with van der Waals surface area (Å²) < 4.78 is 0. The number of nitrogens with zero attached hydrogens (tertiary/aromatic N) is 2. The first-order chi connectivity index (χ1) is 5.83. The molecule has 0 aliphatic heterocycles. The van der Waals surface area contributed by atoms with Crippen molar-refractivity contribution in [3.8, 4) is 0 Å². The van der Waals surface area contributed by atoms with Crippen molar-refractivity contribution in [1.29, 1.82) is 0 Å². The van der Waals surface area contributed by atoms with Gasteiger partial charge in [-0.3, -0.25) is 0 Å². The van der Waals surface area contributed by atoms with E-state index in [1.165, 1.54) is 12.8 Å². The lowest BCUT2D eigenvalue weighted by Crippen LogP contribution is -2.14. The van der Waals surface area contributed by atoms with Gasteiger partial charge < -0.3 is 5.32 Å². The highest BCUT2D eigenvalue weighted by molar-refractivity contribution is 5.39. The molecule has 0 aliphatic carbocycles. The van der Waals surface area contributed by atoms with Gasteiger partial charge >= 0.3 is 0 Å². The summed E-state index contributed by atoms with van der Waals surface area (Å²) in [7, 11) is 0. The molecule has 0 saturated heterocycles. The third kappa shape index (κ3) is 2.86. The van der Waals surface area contributed by atoms with Gasteiger partial charge in [0, 0.05) is 6.04 Å². The van der Waals surface area contributed by atoms with Crippen molar-refractivity contribution in [1.82, 2.24) is 10.2 Å². The zero-order valence-corrected chi connectivity index (χ0v) is 7.62. The van der Waals surface area contributed by atoms with Crippen LogP contribution in [0.25, 0.3) is 0 Å². The molecule has 1 atom stereocenters. The van der Waals surface area contributed by atoms with Gasteiger partial charge in [-0.15, -0.1) is 0 Å². The minimum absolute atomic E-state index is 0.513. The van der Waals surface area contributed by atoms with Crippen molar-refractivity contribution < 1.29 is 0 Å². The fraction of sp³-hybridized carbons (Fsp3) is 0.556. The van der Waals surface area contributed by atoms with Gasteiger partial charge in [0.15, 0.2) is 0 Å². The zero-order valence-electron chi connectivity index (χ0n) is 7.62. The summed E-state index contributed by atoms with van der Waals surface area (Å²) in [5.74, 6) is 0. The SMILES string of the molecule is CCCC(C)Nc1ccnnc1. The van der Waals surface area contributed by atoms with Gasteiger partial charge in [-0.25, -0.2) is 0 Å². The third-order valence-electron chi connectivity index (χ3n) is 1.72. The largest absolute Gasteiger partial charge is 0.381 e. The first kappa shape index (κ1) is 8.97. The Hall–Kier alpha value is -1.12. The molecule has 3 heteroatoms. The predicted octanol–water partition coefficient (Wildman–Crippen LogP) is 2.08. The molecule has 0 amide bonds. The average molecular weight is 165 g/mol. The van der Waals surface area contributed by atoms with E-state index < -0.39 is 0 Å². The van der Waals surface area contributed by atoms with Crippen molar-refractivity contribution in [2.75, 3.05) is 5.32 Å². The standard InChI is InChI=1S/C9H15N3/c1-3-4-8(2)12-9-5-6-10-11-7-9/h5-8H,3-4H2,1-2H3,(H,10,12). The van der Waals surface area contributed by atoms with E-state index in [0.717, 1.165) is 5.69 Å². The Bertz CT molecular complexity index is 210. The Labute approximate surface area is 73.2 Å². The molecule has 0 spiro atoms. The maximum Gasteiger partial charge on any atom is 0.0727 e. The van der Waals surface area contributed by atoms with Crippen molar-refractivity contribution in [2.24, 2.45) is 0 Å². The highest BCUT2D eigenvalue weighted by Gasteiger charge is 1.98. The van der Waals surface area contributed by atoms with Crippen LogP contribution in [0.5, 0.6) is 0 Å². The van der Waals surface area contributed by atoms with Crippen molar-refractivity contribution >= 4 is 5.69 Å². The van der Waals surface area contributed by atoms with E-state index in [-0.39, 0.29) is 0 Å². The second kappa shape index (κ2) is 4.70. The van der Waals surface area contributed by atoms with Gasteiger partial charge in [0.25, 0.3) is 0 Å². The molecule has 1 aromatic rings. The summed E-state index contributed by atoms with van der Waals surface area (Å²) in [5.41, 5.74) is 1.05. The molecule has 1 heterocycles. The third-order valence-corrected chi connectivity index (χ3v) is 1.72. The smallest absolute Gasteiger partial charge is 0.0727 e. The molecule has 1 N–H and O–H groups in total. The summed E-state index contributed by atoms with van der Waals surface area (Å²) in [4.78, 5) is 0. The predicted molar refractivity (Wildman–Crippen MR) is 50.0 cm³/mol. The van der Waals surface area contributed by atoms with E-state index in [2.05, 4.69) is 29.4 Å². The average Bonchev–Trinajstić information content (AvgIpc) is 2.06. The van der Waals surface area contributed by atoms with Gasteiger partial charge in [-0.1, -0.05) is 13.3 Å². The lowest BCUT2D eigenvalue weighted by Gasteiger charge is -2.12. The molecule has 1 rings (SSSR count). The van der Waals surface area contributed by atoms with Crippen molar-refractivity contribution in [3.63, 3.8) is 0 Å². The van der Waals surface area contributed by atoms with Crippen LogP contribution in [-0.2, 0) is 0 Å². The Balaban J connectivity index is 2.41. The van der Waals surface area contributed by atoms with Crippen LogP contribution in [0.4, 0.5) is 5.69 Å². The Morgan fingerprint density at radius 1 is 1.50 bits per heavy atom. The van der Waals surface area contributed by atoms with Crippen LogP contribution in [0, 0.1) is 0 Å². The van der Waals surface area contributed by atoms with Crippen LogP contribution in [0.3, 0.4) is 0 Å². The second-order valence-electron chi connectivity index (χ2n) is 2.97. The molecular weight excluding hydrogens is 150 g/mol. The van der Waals surface area contributed by atoms with Gasteiger partial charge in [0.05, 0.1) is 18.1 Å². The first-order valence-corrected chi connectivity index (χ1v) is 4.36. The highest BCUT2D eigenvalue weighted by Crippen LogP contribution is 2.06. The Morgan fingerprint density at radius 2 is 2.33 bits per heavy atom. The number of nitrogens with one attached hydrogen (secondary N) is 1. The van der Waals surface area contributed by atoms with E-state index in [9.17, 15) is 0 Å². The van der Waals surface area contributed by atoms with E-state index in [1.807, 2.05) is 6.07 Å². The molecule has 0 saturated carbocycles. The monoisotopic (exact) mass is 165 g/mol. The number of hydrogen-bond acceptors (Lipinski definition) is 3. The molecule has 0 fully saturated rings. The molecular formula is C9H15N3. The molecule has 12 heavy (non-hydrogen) atoms. The summed E-state index contributed by atoms with van der Waals surface area (Å²) in [5, 5.41) is 10.8. The summed E-state index contributed by atoms with van der Waals surface area (Å²) in [6, 6.07) is 2.44. The fourth-order valence-corrected chi connectivity index (χ4v) is 1.17. The topological polar surface area (TPSA) is 37.8 Å². The first-order valence-electron chi connectivity index (χ1n) is 4.36. The van der Waals surface area contributed by atoms with Gasteiger partial charge in [-0.05, 0) is 19.4 Å². The summed E-state index contributed by atoms with van der Waals surface area (Å²) >= 11 is 0. The molecule has 3 nitrogen and oxygen atoms in total. The van der Waals surface area contributed by atoms with E-state index in [4.69, 9.17) is 0 Å². The number of anilines is 1.